The maximum atomic E-state index is 12.1. The summed E-state index contributed by atoms with van der Waals surface area (Å²) in [5.74, 6) is -0.283. The van der Waals surface area contributed by atoms with Crippen molar-refractivity contribution >= 4 is 17.3 Å². The summed E-state index contributed by atoms with van der Waals surface area (Å²) in [4.78, 5) is 27.8. The Balaban J connectivity index is 2.22. The van der Waals surface area contributed by atoms with E-state index in [4.69, 9.17) is 0 Å². The van der Waals surface area contributed by atoms with Crippen molar-refractivity contribution in [2.75, 3.05) is 37.6 Å². The van der Waals surface area contributed by atoms with Gasteiger partial charge in [-0.25, -0.2) is 0 Å². The van der Waals surface area contributed by atoms with E-state index in [0.29, 0.717) is 11.3 Å². The van der Waals surface area contributed by atoms with Gasteiger partial charge in [-0.1, -0.05) is 6.92 Å². The van der Waals surface area contributed by atoms with E-state index in [1.807, 2.05) is 13.8 Å². The van der Waals surface area contributed by atoms with Crippen LogP contribution in [0.1, 0.15) is 44.0 Å². The van der Waals surface area contributed by atoms with E-state index in [1.54, 1.807) is 12.1 Å². The smallest absolute Gasteiger partial charge is 0.293 e. The summed E-state index contributed by atoms with van der Waals surface area (Å²) in [5, 5.41) is 14.3. The quantitative estimate of drug-likeness (QED) is 0.631. The van der Waals surface area contributed by atoms with Crippen molar-refractivity contribution in [3.05, 3.63) is 33.9 Å². The van der Waals surface area contributed by atoms with Gasteiger partial charge in [-0.3, -0.25) is 14.9 Å². The van der Waals surface area contributed by atoms with Crippen molar-refractivity contribution in [2.24, 2.45) is 0 Å². The van der Waals surface area contributed by atoms with Crippen LogP contribution in [0.15, 0.2) is 18.2 Å². The third-order valence-corrected chi connectivity index (χ3v) is 4.32. The van der Waals surface area contributed by atoms with Crippen molar-refractivity contribution in [2.45, 2.75) is 39.7 Å². The number of anilines is 1. The first kappa shape index (κ1) is 19.2. The molecule has 0 aromatic heterocycles. The Labute approximate surface area is 149 Å². The van der Waals surface area contributed by atoms with E-state index in [9.17, 15) is 14.9 Å². The van der Waals surface area contributed by atoms with E-state index < -0.39 is 4.92 Å². The van der Waals surface area contributed by atoms with Crippen LogP contribution in [0.25, 0.3) is 0 Å². The fraction of sp³-hybridized carbons (Fsp3) is 0.611. The standard InChI is InChI=1S/C18H28N4O3/c1-4-8-20-9-5-10-21(12-11-20)16-7-6-15(13-17(16)22(24)25)18(23)19-14(2)3/h6-7,13-14H,4-5,8-12H2,1-3H3,(H,19,23). The fourth-order valence-corrected chi connectivity index (χ4v) is 3.18. The van der Waals surface area contributed by atoms with Gasteiger partial charge in [-0.05, 0) is 51.9 Å². The molecule has 0 atom stereocenters. The van der Waals surface area contributed by atoms with Gasteiger partial charge in [0.25, 0.3) is 11.6 Å². The number of hydrogen-bond acceptors (Lipinski definition) is 5. The van der Waals surface area contributed by atoms with Crippen LogP contribution in [0.4, 0.5) is 11.4 Å². The lowest BCUT2D eigenvalue weighted by molar-refractivity contribution is -0.384. The lowest BCUT2D eigenvalue weighted by Crippen LogP contribution is -2.32. The average Bonchev–Trinajstić information content (AvgIpc) is 2.79. The number of benzene rings is 1. The second kappa shape index (κ2) is 8.80. The molecule has 0 bridgehead atoms. The number of carbonyl (C=O) groups is 1. The minimum atomic E-state index is -0.393. The molecule has 2 rings (SSSR count). The normalized spacial score (nSPS) is 15.9. The second-order valence-electron chi connectivity index (χ2n) is 6.77. The number of rotatable bonds is 6. The fourth-order valence-electron chi connectivity index (χ4n) is 3.18. The zero-order valence-electron chi connectivity index (χ0n) is 15.3. The van der Waals surface area contributed by atoms with Crippen LogP contribution in [0.2, 0.25) is 0 Å². The van der Waals surface area contributed by atoms with Gasteiger partial charge >= 0.3 is 0 Å². The number of nitrogens with zero attached hydrogens (tertiary/aromatic N) is 3. The van der Waals surface area contributed by atoms with Crippen molar-refractivity contribution in [1.82, 2.24) is 10.2 Å². The molecule has 1 aliphatic rings. The van der Waals surface area contributed by atoms with Crippen molar-refractivity contribution in [3.63, 3.8) is 0 Å². The molecule has 1 amide bonds. The average molecular weight is 348 g/mol. The van der Waals surface area contributed by atoms with Crippen molar-refractivity contribution in [3.8, 4) is 0 Å². The molecular weight excluding hydrogens is 320 g/mol. The Morgan fingerprint density at radius 3 is 2.68 bits per heavy atom. The molecule has 0 saturated carbocycles. The van der Waals surface area contributed by atoms with Crippen LogP contribution >= 0.6 is 0 Å². The highest BCUT2D eigenvalue weighted by atomic mass is 16.6. The van der Waals surface area contributed by atoms with Crippen molar-refractivity contribution < 1.29 is 9.72 Å². The van der Waals surface area contributed by atoms with Crippen LogP contribution in [0.5, 0.6) is 0 Å². The zero-order chi connectivity index (χ0) is 18.4. The van der Waals surface area contributed by atoms with Crippen LogP contribution in [-0.4, -0.2) is 54.5 Å². The Hall–Kier alpha value is -2.15. The number of nitro groups is 1. The molecule has 1 heterocycles. The summed E-state index contributed by atoms with van der Waals surface area (Å²) < 4.78 is 0. The lowest BCUT2D eigenvalue weighted by Gasteiger charge is -2.23. The topological polar surface area (TPSA) is 78.7 Å². The largest absolute Gasteiger partial charge is 0.365 e. The maximum Gasteiger partial charge on any atom is 0.293 e. The highest BCUT2D eigenvalue weighted by Crippen LogP contribution is 2.30. The molecule has 7 nitrogen and oxygen atoms in total. The molecule has 0 radical (unpaired) electrons. The summed E-state index contributed by atoms with van der Waals surface area (Å²) in [6.45, 7) is 10.4. The number of hydrogen-bond donors (Lipinski definition) is 1. The summed E-state index contributed by atoms with van der Waals surface area (Å²) in [7, 11) is 0. The monoisotopic (exact) mass is 348 g/mol. The number of amides is 1. The van der Waals surface area contributed by atoms with E-state index in [1.165, 1.54) is 6.07 Å². The maximum absolute atomic E-state index is 12.1. The summed E-state index contributed by atoms with van der Waals surface area (Å²) in [6, 6.07) is 4.76. The molecule has 1 aromatic carbocycles. The Bertz CT molecular complexity index is 618. The summed E-state index contributed by atoms with van der Waals surface area (Å²) >= 11 is 0. The van der Waals surface area contributed by atoms with Gasteiger partial charge < -0.3 is 15.1 Å². The van der Waals surface area contributed by atoms with Gasteiger partial charge in [0.15, 0.2) is 0 Å². The van der Waals surface area contributed by atoms with Crippen molar-refractivity contribution in [1.29, 1.82) is 0 Å². The first-order valence-electron chi connectivity index (χ1n) is 8.99. The summed E-state index contributed by atoms with van der Waals surface area (Å²) in [6.07, 6.45) is 2.09. The van der Waals surface area contributed by atoms with E-state index in [2.05, 4.69) is 22.0 Å². The minimum absolute atomic E-state index is 0.000322. The van der Waals surface area contributed by atoms with Crippen LogP contribution < -0.4 is 10.2 Å². The van der Waals surface area contributed by atoms with E-state index in [-0.39, 0.29) is 17.6 Å². The molecular formula is C18H28N4O3. The highest BCUT2D eigenvalue weighted by molar-refractivity contribution is 5.95. The first-order chi connectivity index (χ1) is 11.9. The van der Waals surface area contributed by atoms with Crippen LogP contribution in [0, 0.1) is 10.1 Å². The van der Waals surface area contributed by atoms with Gasteiger partial charge in [0.1, 0.15) is 5.69 Å². The zero-order valence-corrected chi connectivity index (χ0v) is 15.3. The predicted molar refractivity (Wildman–Crippen MR) is 99.3 cm³/mol. The van der Waals surface area contributed by atoms with E-state index >= 15 is 0 Å². The van der Waals surface area contributed by atoms with Gasteiger partial charge in [-0.15, -0.1) is 0 Å². The number of nitro benzene ring substituents is 1. The van der Waals surface area contributed by atoms with Gasteiger partial charge in [0.05, 0.1) is 4.92 Å². The molecule has 138 valence electrons. The number of nitrogens with one attached hydrogen (secondary N) is 1. The molecule has 1 N–H and O–H groups in total. The SMILES string of the molecule is CCCN1CCCN(c2ccc(C(=O)NC(C)C)cc2[N+](=O)[O-])CC1. The Morgan fingerprint density at radius 2 is 2.04 bits per heavy atom. The Kier molecular flexibility index (Phi) is 6.75. The van der Waals surface area contributed by atoms with Gasteiger partial charge in [0.2, 0.25) is 0 Å². The van der Waals surface area contributed by atoms with Gasteiger partial charge in [-0.2, -0.15) is 0 Å². The Morgan fingerprint density at radius 1 is 1.28 bits per heavy atom. The van der Waals surface area contributed by atoms with Gasteiger partial charge in [0, 0.05) is 37.3 Å². The second-order valence-corrected chi connectivity index (χ2v) is 6.77. The van der Waals surface area contributed by atoms with E-state index in [0.717, 1.165) is 45.6 Å². The minimum Gasteiger partial charge on any atom is -0.365 e. The number of carbonyl (C=O) groups excluding carboxylic acids is 1. The highest BCUT2D eigenvalue weighted by Gasteiger charge is 2.24. The molecule has 1 saturated heterocycles. The predicted octanol–water partition coefficient (Wildman–Crippen LogP) is 2.66. The molecule has 1 aromatic rings. The molecule has 25 heavy (non-hydrogen) atoms. The molecule has 7 heteroatoms. The molecule has 1 aliphatic heterocycles. The molecule has 1 fully saturated rings. The molecule has 0 unspecified atom stereocenters. The molecule has 0 aliphatic carbocycles. The van der Waals surface area contributed by atoms with Crippen LogP contribution in [0.3, 0.4) is 0 Å². The third-order valence-electron chi connectivity index (χ3n) is 4.32. The molecule has 0 spiro atoms. The third kappa shape index (κ3) is 5.16. The lowest BCUT2D eigenvalue weighted by atomic mass is 10.1. The first-order valence-corrected chi connectivity index (χ1v) is 8.99. The van der Waals surface area contributed by atoms with Crippen LogP contribution in [-0.2, 0) is 0 Å². The summed E-state index contributed by atoms with van der Waals surface area (Å²) in [5.41, 5.74) is 0.927.